The minimum absolute atomic E-state index is 0. The Kier molecular flexibility index (Phi) is 4.34. The standard InChI is InChI=1S/FO3Si.Fe/c1-5(2,3)4;/q-3;+3. The van der Waals surface area contributed by atoms with Gasteiger partial charge in [-0.3, -0.25) is 0 Å². The maximum atomic E-state index is 10.2. The van der Waals surface area contributed by atoms with Crippen molar-refractivity contribution in [2.24, 2.45) is 0 Å². The second kappa shape index (κ2) is 2.68. The molecule has 3 nitrogen and oxygen atoms in total. The van der Waals surface area contributed by atoms with Gasteiger partial charge in [-0.2, -0.15) is 0 Å². The first-order valence-corrected chi connectivity index (χ1v) is 2.40. The van der Waals surface area contributed by atoms with Gasteiger partial charge in [0.2, 0.25) is 0 Å². The van der Waals surface area contributed by atoms with Gasteiger partial charge in [-0.05, 0) is 0 Å². The third-order valence-corrected chi connectivity index (χ3v) is 0. The molecule has 0 spiro atoms. The van der Waals surface area contributed by atoms with Crippen LogP contribution in [0, 0.1) is 0 Å². The summed E-state index contributed by atoms with van der Waals surface area (Å²) in [6, 6.07) is 0. The summed E-state index contributed by atoms with van der Waals surface area (Å²) in [6.45, 7) is 0. The van der Waals surface area contributed by atoms with Crippen molar-refractivity contribution in [1.82, 2.24) is 0 Å². The van der Waals surface area contributed by atoms with Gasteiger partial charge in [-0.15, -0.1) is 0 Å². The average molecular weight is 151 g/mol. The normalized spacial score (nSPS) is 10.0. The van der Waals surface area contributed by atoms with Crippen LogP contribution in [0.1, 0.15) is 0 Å². The molecule has 0 atom stereocenters. The Balaban J connectivity index is 0. The van der Waals surface area contributed by atoms with Crippen LogP contribution in [0.2, 0.25) is 0 Å². The maximum absolute atomic E-state index is 10.2. The molecule has 0 rings (SSSR count). The Labute approximate surface area is 45.4 Å². The first kappa shape index (κ1) is 9.74. The van der Waals surface area contributed by atoms with Crippen LogP contribution in [0.3, 0.4) is 0 Å². The monoisotopic (exact) mass is 151 g/mol. The van der Waals surface area contributed by atoms with Gasteiger partial charge in [0.1, 0.15) is 0 Å². The molecule has 0 aliphatic carbocycles. The molecule has 0 amide bonds. The van der Waals surface area contributed by atoms with Gasteiger partial charge < -0.3 is 18.5 Å². The van der Waals surface area contributed by atoms with Gasteiger partial charge >= 0.3 is 17.1 Å². The molecule has 0 saturated carbocycles. The fourth-order valence-electron chi connectivity index (χ4n) is 0. The number of rotatable bonds is 0. The molecule has 37 valence electrons. The second-order valence-electron chi connectivity index (χ2n) is 0.481. The molecular formula is FFeO3Si. The van der Waals surface area contributed by atoms with Crippen molar-refractivity contribution in [3.63, 3.8) is 0 Å². The quantitative estimate of drug-likeness (QED) is 0.266. The van der Waals surface area contributed by atoms with E-state index in [2.05, 4.69) is 0 Å². The van der Waals surface area contributed by atoms with E-state index in [9.17, 15) is 4.11 Å². The smallest absolute Gasteiger partial charge is 0.857 e. The summed E-state index contributed by atoms with van der Waals surface area (Å²) < 4.78 is 10.2. The molecule has 0 aromatic rings. The van der Waals surface area contributed by atoms with E-state index in [-0.39, 0.29) is 17.1 Å². The predicted octanol–water partition coefficient (Wildman–Crippen LogP) is -3.53. The number of hydrogen-bond acceptors (Lipinski definition) is 3. The Bertz CT molecular complexity index is 26.3. The van der Waals surface area contributed by atoms with Gasteiger partial charge in [0.25, 0.3) is 0 Å². The van der Waals surface area contributed by atoms with Crippen molar-refractivity contribution in [3.8, 4) is 0 Å². The third-order valence-electron chi connectivity index (χ3n) is 0. The van der Waals surface area contributed by atoms with Crippen molar-refractivity contribution in [1.29, 1.82) is 0 Å². The maximum Gasteiger partial charge on any atom is 3.00 e. The fourth-order valence-corrected chi connectivity index (χ4v) is 0. The molecule has 0 aromatic heterocycles. The SMILES string of the molecule is [Fe+3].[O-][Si]([O-])([O-])F. The summed E-state index contributed by atoms with van der Waals surface area (Å²) >= 11 is 0. The Morgan fingerprint density at radius 3 is 1.17 bits per heavy atom. The van der Waals surface area contributed by atoms with Gasteiger partial charge in [0.05, 0.1) is 0 Å². The van der Waals surface area contributed by atoms with Crippen molar-refractivity contribution in [2.75, 3.05) is 0 Å². The minimum Gasteiger partial charge on any atom is -0.857 e. The Morgan fingerprint density at radius 2 is 1.17 bits per heavy atom. The molecule has 6 heteroatoms. The minimum atomic E-state index is -5.86. The van der Waals surface area contributed by atoms with Gasteiger partial charge in [-0.1, -0.05) is 9.14 Å². The van der Waals surface area contributed by atoms with E-state index in [1.165, 1.54) is 0 Å². The van der Waals surface area contributed by atoms with E-state index in [0.717, 1.165) is 0 Å². The van der Waals surface area contributed by atoms with Crippen molar-refractivity contribution < 1.29 is 35.6 Å². The molecule has 0 saturated heterocycles. The Hall–Kier alpha value is 0.546. The summed E-state index contributed by atoms with van der Waals surface area (Å²) in [7, 11) is -5.86. The van der Waals surface area contributed by atoms with Crippen LogP contribution in [-0.2, 0) is 17.1 Å². The molecule has 0 bridgehead atoms. The molecule has 0 heterocycles. The zero-order chi connectivity index (χ0) is 4.50. The van der Waals surface area contributed by atoms with Gasteiger partial charge in [0.15, 0.2) is 0 Å². The number of halogens is 1. The average Bonchev–Trinajstić information content (AvgIpc) is 0.722. The fraction of sp³-hybridized carbons (Fsp3) is 0. The van der Waals surface area contributed by atoms with E-state index in [0.29, 0.717) is 0 Å². The van der Waals surface area contributed by atoms with Crippen molar-refractivity contribution in [3.05, 3.63) is 0 Å². The largest absolute Gasteiger partial charge is 3.00 e. The van der Waals surface area contributed by atoms with E-state index >= 15 is 0 Å². The topological polar surface area (TPSA) is 69.2 Å². The molecular weight excluding hydrogens is 151 g/mol. The van der Waals surface area contributed by atoms with Gasteiger partial charge in [-0.25, -0.2) is 0 Å². The molecule has 1 radical (unpaired) electrons. The number of hydrogen-bond donors (Lipinski definition) is 0. The Morgan fingerprint density at radius 1 is 1.17 bits per heavy atom. The van der Waals surface area contributed by atoms with Crippen LogP contribution >= 0.6 is 0 Å². The zero-order valence-corrected chi connectivity index (χ0v) is 4.56. The summed E-state index contributed by atoms with van der Waals surface area (Å²) in [4.78, 5) is 25.4. The van der Waals surface area contributed by atoms with E-state index in [1.807, 2.05) is 0 Å². The zero-order valence-electron chi connectivity index (χ0n) is 2.46. The van der Waals surface area contributed by atoms with Crippen LogP contribution < -0.4 is 14.4 Å². The van der Waals surface area contributed by atoms with Crippen LogP contribution in [0.15, 0.2) is 0 Å². The summed E-state index contributed by atoms with van der Waals surface area (Å²) in [5, 5.41) is 0. The van der Waals surface area contributed by atoms with Crippen molar-refractivity contribution in [2.45, 2.75) is 0 Å². The first-order chi connectivity index (χ1) is 2.00. The molecule has 0 aliphatic rings. The molecule has 0 aromatic carbocycles. The third kappa shape index (κ3) is 192. The van der Waals surface area contributed by atoms with E-state index < -0.39 is 9.14 Å². The van der Waals surface area contributed by atoms with Crippen LogP contribution in [0.25, 0.3) is 0 Å². The van der Waals surface area contributed by atoms with Crippen LogP contribution in [0.5, 0.6) is 0 Å². The molecule has 6 heavy (non-hydrogen) atoms. The second-order valence-corrected chi connectivity index (χ2v) is 1.44. The molecule has 0 unspecified atom stereocenters. The first-order valence-electron chi connectivity index (χ1n) is 0.801. The van der Waals surface area contributed by atoms with E-state index in [1.54, 1.807) is 0 Å². The van der Waals surface area contributed by atoms with Gasteiger partial charge in [0, 0.05) is 0 Å². The van der Waals surface area contributed by atoms with Crippen LogP contribution in [-0.4, -0.2) is 9.14 Å². The van der Waals surface area contributed by atoms with Crippen LogP contribution in [0.4, 0.5) is 4.11 Å². The summed E-state index contributed by atoms with van der Waals surface area (Å²) in [5.41, 5.74) is 0. The predicted molar refractivity (Wildman–Crippen MR) is 6.86 cm³/mol. The van der Waals surface area contributed by atoms with Crippen molar-refractivity contribution >= 4 is 9.14 Å². The molecule has 0 N–H and O–H groups in total. The molecule has 0 fully saturated rings. The summed E-state index contributed by atoms with van der Waals surface area (Å²) in [6.07, 6.45) is 0. The van der Waals surface area contributed by atoms with E-state index in [4.69, 9.17) is 14.4 Å². The molecule has 0 aliphatic heterocycles. The summed E-state index contributed by atoms with van der Waals surface area (Å²) in [5.74, 6) is 0.